The van der Waals surface area contributed by atoms with Crippen LogP contribution in [0.25, 0.3) is 11.3 Å². The van der Waals surface area contributed by atoms with Gasteiger partial charge in [0.15, 0.2) is 11.5 Å². The molecule has 1 saturated heterocycles. The number of aliphatic carboxylic acids is 1. The summed E-state index contributed by atoms with van der Waals surface area (Å²) >= 11 is 0. The highest BCUT2D eigenvalue weighted by Crippen LogP contribution is 2.51. The number of carboxylic acids is 1. The third kappa shape index (κ3) is 4.17. The van der Waals surface area contributed by atoms with Gasteiger partial charge in [-0.05, 0) is 67.6 Å². The summed E-state index contributed by atoms with van der Waals surface area (Å²) in [4.78, 5) is 29.3. The van der Waals surface area contributed by atoms with Gasteiger partial charge in [-0.3, -0.25) is 9.59 Å². The lowest BCUT2D eigenvalue weighted by Crippen LogP contribution is -2.40. The van der Waals surface area contributed by atoms with E-state index in [-0.39, 0.29) is 25.6 Å². The Morgan fingerprint density at radius 2 is 1.82 bits per heavy atom. The van der Waals surface area contributed by atoms with E-state index in [4.69, 9.17) is 9.47 Å². The molecule has 2 aromatic carbocycles. The third-order valence-electron chi connectivity index (χ3n) is 7.35. The summed E-state index contributed by atoms with van der Waals surface area (Å²) in [6.07, 6.45) is 2.24. The Kier molecular flexibility index (Phi) is 5.84. The number of ether oxygens (including phenoxy) is 2. The van der Waals surface area contributed by atoms with Crippen molar-refractivity contribution >= 4 is 27.7 Å². The van der Waals surface area contributed by atoms with Gasteiger partial charge in [0.25, 0.3) is 0 Å². The molecule has 38 heavy (non-hydrogen) atoms. The van der Waals surface area contributed by atoms with Gasteiger partial charge >= 0.3 is 5.97 Å². The average molecular weight is 538 g/mol. The number of pyridine rings is 1. The number of rotatable bonds is 7. The lowest BCUT2D eigenvalue weighted by molar-refractivity contribution is -0.140. The Labute approximate surface area is 220 Å². The second kappa shape index (κ2) is 9.10. The highest BCUT2D eigenvalue weighted by molar-refractivity contribution is 7.89. The number of sulfonamides is 1. The summed E-state index contributed by atoms with van der Waals surface area (Å²) in [5, 5.41) is 12.3. The summed E-state index contributed by atoms with van der Waals surface area (Å²) in [7, 11) is -3.94. The van der Waals surface area contributed by atoms with Crippen molar-refractivity contribution in [3.8, 4) is 22.8 Å². The molecule has 1 atom stereocenters. The van der Waals surface area contributed by atoms with Crippen LogP contribution in [0, 0.1) is 0 Å². The molecule has 0 spiro atoms. The molecule has 1 saturated carbocycles. The van der Waals surface area contributed by atoms with Gasteiger partial charge in [0.05, 0.1) is 16.0 Å². The smallest absolute Gasteiger partial charge is 0.322 e. The molecule has 0 radical (unpaired) electrons. The average Bonchev–Trinajstić information content (AvgIpc) is 3.33. The molecule has 6 rings (SSSR count). The van der Waals surface area contributed by atoms with Gasteiger partial charge in [0, 0.05) is 13.5 Å². The molecule has 198 valence electrons. The van der Waals surface area contributed by atoms with E-state index in [1.165, 1.54) is 12.1 Å². The molecule has 3 aromatic rings. The number of carbonyl (C=O) groups excluding carboxylic acids is 1. The van der Waals surface area contributed by atoms with Gasteiger partial charge < -0.3 is 19.9 Å². The maximum absolute atomic E-state index is 13.3. The van der Waals surface area contributed by atoms with Crippen LogP contribution in [0.3, 0.4) is 0 Å². The lowest BCUT2D eigenvalue weighted by Gasteiger charge is -2.21. The molecular weight excluding hydrogens is 510 g/mol. The van der Waals surface area contributed by atoms with E-state index in [9.17, 15) is 23.1 Å². The van der Waals surface area contributed by atoms with Crippen molar-refractivity contribution in [3.05, 3.63) is 66.2 Å². The monoisotopic (exact) mass is 537 g/mol. The normalized spacial score (nSPS) is 19.7. The Bertz CT molecular complexity index is 1540. The predicted molar refractivity (Wildman–Crippen MR) is 138 cm³/mol. The molecular formula is C27H27N3O7S. The van der Waals surface area contributed by atoms with Crippen molar-refractivity contribution in [3.63, 3.8) is 0 Å². The fourth-order valence-corrected chi connectivity index (χ4v) is 6.73. The number of benzene rings is 2. The quantitative estimate of drug-likeness (QED) is 0.467. The Morgan fingerprint density at radius 3 is 2.55 bits per heavy atom. The second-order valence-electron chi connectivity index (χ2n) is 9.65. The number of hydrogen-bond acceptors (Lipinski definition) is 7. The van der Waals surface area contributed by atoms with Gasteiger partial charge in [-0.25, -0.2) is 13.4 Å². The van der Waals surface area contributed by atoms with E-state index in [2.05, 4.69) is 10.3 Å². The van der Waals surface area contributed by atoms with Crippen molar-refractivity contribution < 1.29 is 34.0 Å². The van der Waals surface area contributed by atoms with Gasteiger partial charge in [0.1, 0.15) is 11.9 Å². The zero-order valence-corrected chi connectivity index (χ0v) is 21.1. The molecule has 1 aliphatic carbocycles. The molecule has 3 heterocycles. The van der Waals surface area contributed by atoms with Gasteiger partial charge in [-0.15, -0.1) is 0 Å². The molecule has 0 bridgehead atoms. The first-order valence-corrected chi connectivity index (χ1v) is 13.8. The summed E-state index contributed by atoms with van der Waals surface area (Å²) in [6.45, 7) is 0.348. The molecule has 11 heteroatoms. The molecule has 0 unspecified atom stereocenters. The lowest BCUT2D eigenvalue weighted by atomic mass is 9.94. The SMILES string of the molecule is O=C(O)[C@@H]1CCCN1S(=O)(=O)c1ccc(-c2cccc(NC(=O)C3(c4ccc5c(c4)OCO5)CC3)n2)cc1.[HH]. The number of aromatic nitrogens is 1. The van der Waals surface area contributed by atoms with Crippen molar-refractivity contribution in [1.82, 2.24) is 9.29 Å². The highest BCUT2D eigenvalue weighted by atomic mass is 32.2. The van der Waals surface area contributed by atoms with Crippen molar-refractivity contribution in [2.45, 2.75) is 42.0 Å². The Hall–Kier alpha value is -3.96. The summed E-state index contributed by atoms with van der Waals surface area (Å²) in [5.74, 6) is 0.395. The molecule has 10 nitrogen and oxygen atoms in total. The Morgan fingerprint density at radius 1 is 1.05 bits per heavy atom. The number of carboxylic acid groups (broad SMARTS) is 1. The molecule has 2 N–H and O–H groups in total. The number of nitrogens with one attached hydrogen (secondary N) is 1. The minimum atomic E-state index is -3.94. The Balaban J connectivity index is 0.00000308. The number of fused-ring (bicyclic) bond motifs is 1. The summed E-state index contributed by atoms with van der Waals surface area (Å²) in [5.41, 5.74) is 1.45. The van der Waals surface area contributed by atoms with Crippen LogP contribution in [0.2, 0.25) is 0 Å². The first kappa shape index (κ1) is 24.4. The van der Waals surface area contributed by atoms with Crippen LogP contribution in [0.5, 0.6) is 11.5 Å². The van der Waals surface area contributed by atoms with Crippen molar-refractivity contribution in [2.24, 2.45) is 0 Å². The number of carbonyl (C=O) groups is 2. The fraction of sp³-hybridized carbons (Fsp3) is 0.296. The molecule has 2 fully saturated rings. The zero-order chi connectivity index (χ0) is 26.5. The maximum atomic E-state index is 13.3. The van der Waals surface area contributed by atoms with Gasteiger partial charge in [-0.1, -0.05) is 24.3 Å². The third-order valence-corrected chi connectivity index (χ3v) is 9.27. The van der Waals surface area contributed by atoms with E-state index in [0.29, 0.717) is 54.3 Å². The van der Waals surface area contributed by atoms with Crippen LogP contribution in [-0.2, 0) is 25.0 Å². The number of amides is 1. The minimum absolute atomic E-state index is 0. The molecule has 3 aliphatic rings. The maximum Gasteiger partial charge on any atom is 0.322 e. The minimum Gasteiger partial charge on any atom is -0.480 e. The topological polar surface area (TPSA) is 135 Å². The van der Waals surface area contributed by atoms with E-state index in [1.54, 1.807) is 30.3 Å². The van der Waals surface area contributed by atoms with Crippen molar-refractivity contribution in [1.29, 1.82) is 0 Å². The number of hydrogen-bond donors (Lipinski definition) is 2. The summed E-state index contributed by atoms with van der Waals surface area (Å²) in [6, 6.07) is 15.9. The van der Waals surface area contributed by atoms with Gasteiger partial charge in [-0.2, -0.15) is 4.31 Å². The standard InChI is InChI=1S/C27H25N3O7S.H2/c31-25(32)21-4-2-14-30(21)38(34,35)19-9-6-17(7-10-19)20-3-1-5-24(28-20)29-26(33)27(12-13-27)18-8-11-22-23(15-18)37-16-36-22;/h1,3,5-11,15,21H,2,4,12-14,16H2,(H,31,32)(H,28,29,33);1H/t21-;/m0./s1. The second-order valence-corrected chi connectivity index (χ2v) is 11.5. The van der Waals surface area contributed by atoms with E-state index in [0.717, 1.165) is 9.87 Å². The molecule has 1 amide bonds. The first-order chi connectivity index (χ1) is 18.3. The van der Waals surface area contributed by atoms with Crippen LogP contribution >= 0.6 is 0 Å². The molecule has 1 aromatic heterocycles. The van der Waals surface area contributed by atoms with Crippen LogP contribution in [0.15, 0.2) is 65.6 Å². The highest BCUT2D eigenvalue weighted by Gasteiger charge is 2.52. The number of anilines is 1. The van der Waals surface area contributed by atoms with Crippen molar-refractivity contribution in [2.75, 3.05) is 18.7 Å². The fourth-order valence-electron chi connectivity index (χ4n) is 5.07. The largest absolute Gasteiger partial charge is 0.480 e. The predicted octanol–water partition coefficient (Wildman–Crippen LogP) is 3.63. The molecule has 2 aliphatic heterocycles. The van der Waals surface area contributed by atoms with Crippen LogP contribution in [0.1, 0.15) is 32.7 Å². The number of nitrogens with zero attached hydrogens (tertiary/aromatic N) is 2. The first-order valence-electron chi connectivity index (χ1n) is 12.3. The van der Waals surface area contributed by atoms with Crippen LogP contribution in [-0.4, -0.2) is 54.1 Å². The zero-order valence-electron chi connectivity index (χ0n) is 20.3. The van der Waals surface area contributed by atoms with Crippen LogP contribution < -0.4 is 14.8 Å². The van der Waals surface area contributed by atoms with E-state index < -0.39 is 27.4 Å². The van der Waals surface area contributed by atoms with E-state index >= 15 is 0 Å². The van der Waals surface area contributed by atoms with Crippen LogP contribution in [0.4, 0.5) is 5.82 Å². The van der Waals surface area contributed by atoms with E-state index in [1.807, 2.05) is 18.2 Å². The van der Waals surface area contributed by atoms with Gasteiger partial charge in [0.2, 0.25) is 22.7 Å². The summed E-state index contributed by atoms with van der Waals surface area (Å²) < 4.78 is 38.0.